The molecule has 0 saturated heterocycles. The van der Waals surface area contributed by atoms with Gasteiger partial charge in [0.25, 0.3) is 5.56 Å². The van der Waals surface area contributed by atoms with Crippen molar-refractivity contribution >= 4 is 44.7 Å². The zero-order valence-electron chi connectivity index (χ0n) is 16.8. The third kappa shape index (κ3) is 4.30. The average molecular weight is 474 g/mol. The van der Waals surface area contributed by atoms with Gasteiger partial charge in [-0.15, -0.1) is 11.3 Å². The molecule has 0 fully saturated rings. The van der Waals surface area contributed by atoms with Gasteiger partial charge in [0.15, 0.2) is 0 Å². The van der Waals surface area contributed by atoms with Crippen molar-refractivity contribution in [3.63, 3.8) is 0 Å². The van der Waals surface area contributed by atoms with E-state index in [-0.39, 0.29) is 18.1 Å². The van der Waals surface area contributed by atoms with E-state index in [0.717, 1.165) is 10.6 Å². The van der Waals surface area contributed by atoms with E-state index in [0.29, 0.717) is 27.2 Å². The minimum absolute atomic E-state index is 0.0257. The Labute approximate surface area is 190 Å². The number of nitrogens with zero attached hydrogens (tertiary/aromatic N) is 2. The molecule has 164 valence electrons. The van der Waals surface area contributed by atoms with E-state index in [1.165, 1.54) is 35.1 Å². The van der Waals surface area contributed by atoms with E-state index >= 15 is 0 Å². The molecule has 0 atom stereocenters. The van der Waals surface area contributed by atoms with Gasteiger partial charge in [-0.3, -0.25) is 18.7 Å². The lowest BCUT2D eigenvalue weighted by atomic mass is 10.2. The van der Waals surface area contributed by atoms with Crippen molar-refractivity contribution in [3.05, 3.63) is 91.2 Å². The maximum absolute atomic E-state index is 13.4. The second-order valence-corrected chi connectivity index (χ2v) is 8.25. The summed E-state index contributed by atoms with van der Waals surface area (Å²) in [6.45, 7) is -0.308. The summed E-state index contributed by atoms with van der Waals surface area (Å²) in [6, 6.07) is 12.5. The molecule has 0 aliphatic rings. The number of anilines is 1. The second-order valence-electron chi connectivity index (χ2n) is 6.92. The minimum Gasteiger partial charge on any atom is -0.497 e. The van der Waals surface area contributed by atoms with Gasteiger partial charge in [0.2, 0.25) is 5.91 Å². The van der Waals surface area contributed by atoms with Gasteiger partial charge < -0.3 is 10.1 Å². The van der Waals surface area contributed by atoms with Gasteiger partial charge in [-0.05, 0) is 47.3 Å². The minimum atomic E-state index is -0.615. The van der Waals surface area contributed by atoms with Crippen molar-refractivity contribution in [2.24, 2.45) is 0 Å². The molecule has 0 saturated carbocycles. The van der Waals surface area contributed by atoms with Crippen LogP contribution < -0.4 is 21.3 Å². The van der Waals surface area contributed by atoms with Crippen molar-refractivity contribution in [2.45, 2.75) is 13.1 Å². The van der Waals surface area contributed by atoms with Crippen molar-refractivity contribution in [2.75, 3.05) is 12.4 Å². The number of benzene rings is 2. The van der Waals surface area contributed by atoms with Crippen molar-refractivity contribution < 1.29 is 13.9 Å². The van der Waals surface area contributed by atoms with E-state index in [4.69, 9.17) is 16.3 Å². The molecule has 1 amide bonds. The number of carbonyl (C=O) groups is 1. The zero-order valence-corrected chi connectivity index (χ0v) is 18.4. The molecular formula is C22H17ClFN3O4S. The Morgan fingerprint density at radius 3 is 2.72 bits per heavy atom. The first-order valence-corrected chi connectivity index (χ1v) is 10.7. The number of amides is 1. The highest BCUT2D eigenvalue weighted by molar-refractivity contribution is 7.17. The highest BCUT2D eigenvalue weighted by atomic mass is 35.5. The Kier molecular flexibility index (Phi) is 6.11. The van der Waals surface area contributed by atoms with Crippen LogP contribution in [0.15, 0.2) is 63.5 Å². The Morgan fingerprint density at radius 2 is 1.97 bits per heavy atom. The number of ether oxygens (including phenoxy) is 1. The molecule has 0 aliphatic carbocycles. The summed E-state index contributed by atoms with van der Waals surface area (Å²) in [5.41, 5.74) is 0.331. The summed E-state index contributed by atoms with van der Waals surface area (Å²) >= 11 is 6.95. The fourth-order valence-electron chi connectivity index (χ4n) is 3.30. The number of aromatic nitrogens is 2. The van der Waals surface area contributed by atoms with Crippen LogP contribution in [-0.4, -0.2) is 22.2 Å². The molecule has 7 nitrogen and oxygen atoms in total. The van der Waals surface area contributed by atoms with E-state index in [1.54, 1.807) is 35.7 Å². The zero-order chi connectivity index (χ0) is 22.8. The number of halogens is 2. The molecule has 0 radical (unpaired) electrons. The SMILES string of the molecule is COc1cccc(Cn2c(=O)c3sccc3n(CC(=O)Nc3ccc(F)c(Cl)c3)c2=O)c1. The molecule has 10 heteroatoms. The van der Waals surface area contributed by atoms with Crippen LogP contribution in [0.1, 0.15) is 5.56 Å². The second kappa shape index (κ2) is 8.97. The fraction of sp³-hybridized carbons (Fsp3) is 0.136. The normalized spacial score (nSPS) is 11.0. The molecule has 2 aromatic carbocycles. The van der Waals surface area contributed by atoms with Crippen LogP contribution in [0.5, 0.6) is 5.75 Å². The molecule has 1 N–H and O–H groups in total. The van der Waals surface area contributed by atoms with E-state index in [1.807, 2.05) is 0 Å². The average Bonchev–Trinajstić information content (AvgIpc) is 3.27. The monoisotopic (exact) mass is 473 g/mol. The number of methoxy groups -OCH3 is 1. The number of hydrogen-bond donors (Lipinski definition) is 1. The summed E-state index contributed by atoms with van der Waals surface area (Å²) in [5, 5.41) is 4.15. The Morgan fingerprint density at radius 1 is 1.16 bits per heavy atom. The molecule has 2 heterocycles. The predicted molar refractivity (Wildman–Crippen MR) is 122 cm³/mol. The smallest absolute Gasteiger partial charge is 0.332 e. The maximum atomic E-state index is 13.4. The first-order valence-electron chi connectivity index (χ1n) is 9.46. The molecule has 0 aliphatic heterocycles. The highest BCUT2D eigenvalue weighted by Crippen LogP contribution is 2.20. The number of carbonyl (C=O) groups excluding carboxylic acids is 1. The van der Waals surface area contributed by atoms with Crippen LogP contribution in [0.3, 0.4) is 0 Å². The summed E-state index contributed by atoms with van der Waals surface area (Å²) in [5.74, 6) is -0.523. The van der Waals surface area contributed by atoms with Crippen LogP contribution in [-0.2, 0) is 17.9 Å². The molecule has 2 aromatic heterocycles. The number of thiophene rings is 1. The third-order valence-corrected chi connectivity index (χ3v) is 6.00. The summed E-state index contributed by atoms with van der Waals surface area (Å²) in [6.07, 6.45) is 0. The van der Waals surface area contributed by atoms with Crippen LogP contribution in [0.2, 0.25) is 5.02 Å². The standard InChI is InChI=1S/C22H17ClFN3O4S/c1-31-15-4-2-3-13(9-15)11-27-21(29)20-18(7-8-32-20)26(22(27)30)12-19(28)25-14-5-6-17(24)16(23)10-14/h2-10H,11-12H2,1H3,(H,25,28). The lowest BCUT2D eigenvalue weighted by Crippen LogP contribution is -2.41. The molecule has 32 heavy (non-hydrogen) atoms. The Bertz CT molecular complexity index is 1440. The fourth-order valence-corrected chi connectivity index (χ4v) is 4.32. The third-order valence-electron chi connectivity index (χ3n) is 4.82. The van der Waals surface area contributed by atoms with Gasteiger partial charge in [0.1, 0.15) is 22.8 Å². The number of nitrogens with one attached hydrogen (secondary N) is 1. The van der Waals surface area contributed by atoms with Crippen molar-refractivity contribution in [1.82, 2.24) is 9.13 Å². The molecule has 0 unspecified atom stereocenters. The van der Waals surface area contributed by atoms with Gasteiger partial charge in [0, 0.05) is 5.69 Å². The molecule has 0 spiro atoms. The van der Waals surface area contributed by atoms with Crippen molar-refractivity contribution in [1.29, 1.82) is 0 Å². The van der Waals surface area contributed by atoms with Crippen LogP contribution in [0, 0.1) is 5.82 Å². The summed E-state index contributed by atoms with van der Waals surface area (Å²) in [4.78, 5) is 38.8. The quantitative estimate of drug-likeness (QED) is 0.463. The maximum Gasteiger partial charge on any atom is 0.332 e. The predicted octanol–water partition coefficient (Wildman–Crippen LogP) is 3.71. The van der Waals surface area contributed by atoms with E-state index < -0.39 is 23.0 Å². The molecule has 4 aromatic rings. The highest BCUT2D eigenvalue weighted by Gasteiger charge is 2.17. The summed E-state index contributed by atoms with van der Waals surface area (Å²) < 4.78 is 21.3. The number of hydrogen-bond acceptors (Lipinski definition) is 5. The molecular weight excluding hydrogens is 457 g/mol. The van der Waals surface area contributed by atoms with Crippen LogP contribution in [0.4, 0.5) is 10.1 Å². The first-order chi connectivity index (χ1) is 15.4. The topological polar surface area (TPSA) is 82.3 Å². The number of fused-ring (bicyclic) bond motifs is 1. The van der Waals surface area contributed by atoms with E-state index in [2.05, 4.69) is 5.32 Å². The van der Waals surface area contributed by atoms with E-state index in [9.17, 15) is 18.8 Å². The van der Waals surface area contributed by atoms with Crippen molar-refractivity contribution in [3.8, 4) is 5.75 Å². The van der Waals surface area contributed by atoms with Crippen LogP contribution in [0.25, 0.3) is 10.2 Å². The Balaban J connectivity index is 1.70. The lowest BCUT2D eigenvalue weighted by Gasteiger charge is -2.13. The van der Waals surface area contributed by atoms with Crippen LogP contribution >= 0.6 is 22.9 Å². The Hall–Kier alpha value is -3.43. The van der Waals surface area contributed by atoms with Gasteiger partial charge in [-0.2, -0.15) is 0 Å². The van der Waals surface area contributed by atoms with Gasteiger partial charge in [-0.25, -0.2) is 9.18 Å². The van der Waals surface area contributed by atoms with Gasteiger partial charge >= 0.3 is 5.69 Å². The lowest BCUT2D eigenvalue weighted by molar-refractivity contribution is -0.116. The van der Waals surface area contributed by atoms with Gasteiger partial charge in [-0.1, -0.05) is 23.7 Å². The van der Waals surface area contributed by atoms with Gasteiger partial charge in [0.05, 0.1) is 24.2 Å². The first kappa shape index (κ1) is 21.8. The molecule has 4 rings (SSSR count). The molecule has 0 bridgehead atoms. The largest absolute Gasteiger partial charge is 0.497 e. The summed E-state index contributed by atoms with van der Waals surface area (Å²) in [7, 11) is 1.53. The number of rotatable bonds is 6.